The summed E-state index contributed by atoms with van der Waals surface area (Å²) in [6.45, 7) is 0. The van der Waals surface area contributed by atoms with Crippen molar-refractivity contribution in [2.45, 2.75) is 30.1 Å². The lowest BCUT2D eigenvalue weighted by Gasteiger charge is -2.26. The minimum Gasteiger partial charge on any atom is -0.466 e. The average molecular weight is 230 g/mol. The van der Waals surface area contributed by atoms with E-state index in [2.05, 4.69) is 0 Å². The van der Waals surface area contributed by atoms with Crippen LogP contribution >= 0.6 is 0 Å². The van der Waals surface area contributed by atoms with Crippen molar-refractivity contribution in [1.82, 2.24) is 0 Å². The second kappa shape index (κ2) is 3.35. The van der Waals surface area contributed by atoms with Gasteiger partial charge in [0.05, 0.1) is 11.5 Å². The van der Waals surface area contributed by atoms with Crippen LogP contribution in [0, 0.1) is 0 Å². The number of sulfone groups is 1. The lowest BCUT2D eigenvalue weighted by atomic mass is 9.99. The Bertz CT molecular complexity index is 434. The van der Waals surface area contributed by atoms with Crippen LogP contribution in [0.5, 0.6) is 0 Å². The van der Waals surface area contributed by atoms with Crippen molar-refractivity contribution in [3.05, 3.63) is 24.2 Å². The van der Waals surface area contributed by atoms with Gasteiger partial charge < -0.3 is 9.52 Å². The summed E-state index contributed by atoms with van der Waals surface area (Å²) in [5, 5.41) is 9.63. The molecule has 1 aliphatic carbocycles. The maximum Gasteiger partial charge on any atom is 0.153 e. The van der Waals surface area contributed by atoms with Crippen LogP contribution in [-0.4, -0.2) is 25.0 Å². The van der Waals surface area contributed by atoms with Gasteiger partial charge in [0.1, 0.15) is 11.4 Å². The average Bonchev–Trinajstić information content (AvgIpc) is 2.69. The van der Waals surface area contributed by atoms with E-state index in [1.807, 2.05) is 0 Å². The predicted octanol–water partition coefficient (Wildman–Crippen LogP) is 1.06. The van der Waals surface area contributed by atoms with Gasteiger partial charge in [-0.2, -0.15) is 0 Å². The van der Waals surface area contributed by atoms with Gasteiger partial charge in [0, 0.05) is 6.26 Å². The van der Waals surface area contributed by atoms with Crippen molar-refractivity contribution in [3.63, 3.8) is 0 Å². The first kappa shape index (κ1) is 10.7. The Labute approximate surface area is 88.8 Å². The van der Waals surface area contributed by atoms with Crippen LogP contribution in [0.3, 0.4) is 0 Å². The van der Waals surface area contributed by atoms with E-state index in [1.54, 1.807) is 12.1 Å². The molecule has 2 atom stereocenters. The van der Waals surface area contributed by atoms with Gasteiger partial charge in [-0.15, -0.1) is 0 Å². The van der Waals surface area contributed by atoms with Crippen LogP contribution in [0.15, 0.2) is 22.8 Å². The molecule has 1 aromatic rings. The molecule has 0 aromatic carbocycles. The Hall–Kier alpha value is -0.810. The molecule has 1 saturated carbocycles. The molecule has 0 bridgehead atoms. The molecule has 1 fully saturated rings. The van der Waals surface area contributed by atoms with Crippen LogP contribution in [0.1, 0.15) is 25.0 Å². The van der Waals surface area contributed by atoms with Crippen LogP contribution in [0.2, 0.25) is 0 Å². The van der Waals surface area contributed by atoms with Crippen molar-refractivity contribution in [3.8, 4) is 0 Å². The van der Waals surface area contributed by atoms with Gasteiger partial charge in [-0.05, 0) is 31.4 Å². The van der Waals surface area contributed by atoms with E-state index in [9.17, 15) is 13.5 Å². The van der Waals surface area contributed by atoms with Gasteiger partial charge in [-0.3, -0.25) is 0 Å². The van der Waals surface area contributed by atoms with E-state index < -0.39 is 20.7 Å². The summed E-state index contributed by atoms with van der Waals surface area (Å²) in [4.78, 5) is 0. The summed E-state index contributed by atoms with van der Waals surface area (Å²) < 4.78 is 28.2. The zero-order valence-electron chi connectivity index (χ0n) is 8.51. The third-order valence-corrected chi connectivity index (χ3v) is 4.68. The van der Waals surface area contributed by atoms with E-state index in [-0.39, 0.29) is 0 Å². The fourth-order valence-corrected chi connectivity index (χ4v) is 3.87. The third-order valence-electron chi connectivity index (χ3n) is 3.02. The van der Waals surface area contributed by atoms with E-state index >= 15 is 0 Å². The van der Waals surface area contributed by atoms with Crippen molar-refractivity contribution in [2.75, 3.05) is 6.26 Å². The Morgan fingerprint density at radius 3 is 2.87 bits per heavy atom. The first-order valence-corrected chi connectivity index (χ1v) is 6.85. The van der Waals surface area contributed by atoms with Crippen molar-refractivity contribution >= 4 is 9.84 Å². The Morgan fingerprint density at radius 1 is 1.60 bits per heavy atom. The number of hydrogen-bond donors (Lipinski definition) is 1. The highest BCUT2D eigenvalue weighted by molar-refractivity contribution is 7.91. The molecule has 84 valence electrons. The highest BCUT2D eigenvalue weighted by Crippen LogP contribution is 2.42. The number of rotatable bonds is 2. The monoisotopic (exact) mass is 230 g/mol. The van der Waals surface area contributed by atoms with Crippen LogP contribution in [-0.2, 0) is 15.4 Å². The molecule has 4 nitrogen and oxygen atoms in total. The van der Waals surface area contributed by atoms with Crippen molar-refractivity contribution in [1.29, 1.82) is 0 Å². The quantitative estimate of drug-likeness (QED) is 0.825. The summed E-state index contributed by atoms with van der Waals surface area (Å²) in [6.07, 6.45) is 4.26. The topological polar surface area (TPSA) is 67.5 Å². The molecule has 0 radical (unpaired) electrons. The Balaban J connectivity index is 2.44. The zero-order valence-corrected chi connectivity index (χ0v) is 9.33. The molecule has 1 N–H and O–H groups in total. The lowest BCUT2D eigenvalue weighted by molar-refractivity contribution is 0.0251. The normalized spacial score (nSPS) is 32.0. The summed E-state index contributed by atoms with van der Waals surface area (Å²) in [5.74, 6) is 0.357. The van der Waals surface area contributed by atoms with E-state index in [0.717, 1.165) is 6.26 Å². The van der Waals surface area contributed by atoms with E-state index in [4.69, 9.17) is 4.42 Å². The highest BCUT2D eigenvalue weighted by atomic mass is 32.2. The van der Waals surface area contributed by atoms with E-state index in [1.165, 1.54) is 6.26 Å². The molecule has 0 amide bonds. The maximum atomic E-state index is 11.5. The summed E-state index contributed by atoms with van der Waals surface area (Å²) in [6, 6.07) is 3.29. The van der Waals surface area contributed by atoms with Gasteiger partial charge in [0.15, 0.2) is 9.84 Å². The SMILES string of the molecule is CS(=O)(=O)C1CCCC1(O)c1ccco1. The summed E-state index contributed by atoms with van der Waals surface area (Å²) in [7, 11) is -3.25. The second-order valence-corrected chi connectivity index (χ2v) is 6.34. The predicted molar refractivity (Wildman–Crippen MR) is 55.1 cm³/mol. The number of aliphatic hydroxyl groups is 1. The second-order valence-electron chi connectivity index (χ2n) is 4.11. The largest absolute Gasteiger partial charge is 0.466 e. The van der Waals surface area contributed by atoms with Crippen molar-refractivity contribution < 1.29 is 17.9 Å². The zero-order chi connectivity index (χ0) is 11.1. The smallest absolute Gasteiger partial charge is 0.153 e. The molecular weight excluding hydrogens is 216 g/mol. The minimum atomic E-state index is -3.25. The van der Waals surface area contributed by atoms with E-state index in [0.29, 0.717) is 25.0 Å². The minimum absolute atomic E-state index is 0.357. The molecule has 5 heteroatoms. The fourth-order valence-electron chi connectivity index (χ4n) is 2.33. The molecule has 0 aliphatic heterocycles. The third kappa shape index (κ3) is 1.70. The summed E-state index contributed by atoms with van der Waals surface area (Å²) in [5.41, 5.74) is -1.34. The molecule has 1 aromatic heterocycles. The molecular formula is C10H14O4S. The molecule has 1 heterocycles. The molecule has 0 spiro atoms. The molecule has 1 aliphatic rings. The maximum absolute atomic E-state index is 11.5. The van der Waals surface area contributed by atoms with Gasteiger partial charge >= 0.3 is 0 Å². The highest BCUT2D eigenvalue weighted by Gasteiger charge is 2.49. The first-order chi connectivity index (χ1) is 6.94. The van der Waals surface area contributed by atoms with Crippen LogP contribution < -0.4 is 0 Å². The molecule has 15 heavy (non-hydrogen) atoms. The number of hydrogen-bond acceptors (Lipinski definition) is 4. The Kier molecular flexibility index (Phi) is 2.39. The van der Waals surface area contributed by atoms with Gasteiger partial charge in [0.2, 0.25) is 0 Å². The fraction of sp³-hybridized carbons (Fsp3) is 0.600. The summed E-state index contributed by atoms with van der Waals surface area (Å²) >= 11 is 0. The van der Waals surface area contributed by atoms with Gasteiger partial charge in [-0.1, -0.05) is 0 Å². The van der Waals surface area contributed by atoms with Crippen molar-refractivity contribution in [2.24, 2.45) is 0 Å². The number of furan rings is 1. The molecule has 2 unspecified atom stereocenters. The molecule has 0 saturated heterocycles. The first-order valence-electron chi connectivity index (χ1n) is 4.90. The Morgan fingerprint density at radius 2 is 2.33 bits per heavy atom. The van der Waals surface area contributed by atoms with Crippen LogP contribution in [0.4, 0.5) is 0 Å². The van der Waals surface area contributed by atoms with Gasteiger partial charge in [0.25, 0.3) is 0 Å². The lowest BCUT2D eigenvalue weighted by Crippen LogP contribution is -2.39. The standard InChI is InChI=1S/C10H14O4S/c1-15(12,13)9-5-2-6-10(9,11)8-4-3-7-14-8/h3-4,7,9,11H,2,5-6H2,1H3. The van der Waals surface area contributed by atoms with Gasteiger partial charge in [-0.25, -0.2) is 8.42 Å². The van der Waals surface area contributed by atoms with Crippen LogP contribution in [0.25, 0.3) is 0 Å². The molecule has 2 rings (SSSR count).